The Morgan fingerprint density at radius 1 is 1.12 bits per heavy atom. The molecule has 0 bridgehead atoms. The standard InChI is InChI=1S/C14H22BrNO/c15-8-10-4-3-7-16(9-10)14(17)13-11-5-1-2-6-12(11)13/h10-13H,1-9H2. The molecule has 3 fully saturated rings. The summed E-state index contributed by atoms with van der Waals surface area (Å²) >= 11 is 3.56. The van der Waals surface area contributed by atoms with E-state index >= 15 is 0 Å². The summed E-state index contributed by atoms with van der Waals surface area (Å²) in [5.74, 6) is 3.13. The molecule has 3 rings (SSSR count). The molecule has 0 aromatic rings. The zero-order valence-corrected chi connectivity index (χ0v) is 12.0. The van der Waals surface area contributed by atoms with Crippen molar-refractivity contribution < 1.29 is 4.79 Å². The lowest BCUT2D eigenvalue weighted by Gasteiger charge is -2.32. The van der Waals surface area contributed by atoms with E-state index in [4.69, 9.17) is 0 Å². The fourth-order valence-corrected chi connectivity index (χ4v) is 4.49. The highest BCUT2D eigenvalue weighted by Crippen LogP contribution is 2.56. The van der Waals surface area contributed by atoms with E-state index in [2.05, 4.69) is 20.8 Å². The monoisotopic (exact) mass is 299 g/mol. The van der Waals surface area contributed by atoms with E-state index in [-0.39, 0.29) is 0 Å². The molecule has 0 radical (unpaired) electrons. The third-order valence-electron chi connectivity index (χ3n) is 4.99. The normalized spacial score (nSPS) is 40.9. The molecular weight excluding hydrogens is 278 g/mol. The molecule has 2 nitrogen and oxygen atoms in total. The Hall–Kier alpha value is -0.0500. The zero-order valence-electron chi connectivity index (χ0n) is 10.4. The van der Waals surface area contributed by atoms with Crippen molar-refractivity contribution in [1.82, 2.24) is 4.90 Å². The van der Waals surface area contributed by atoms with Crippen LogP contribution in [0.15, 0.2) is 0 Å². The second kappa shape index (κ2) is 4.91. The Balaban J connectivity index is 1.59. The lowest BCUT2D eigenvalue weighted by atomic mass is 9.99. The van der Waals surface area contributed by atoms with Crippen LogP contribution in [0.2, 0.25) is 0 Å². The first-order valence-corrected chi connectivity index (χ1v) is 8.28. The van der Waals surface area contributed by atoms with E-state index in [0.717, 1.165) is 30.3 Å². The van der Waals surface area contributed by atoms with Crippen LogP contribution in [0.4, 0.5) is 0 Å². The third-order valence-corrected chi connectivity index (χ3v) is 5.91. The van der Waals surface area contributed by atoms with Gasteiger partial charge in [0.05, 0.1) is 0 Å². The highest BCUT2D eigenvalue weighted by molar-refractivity contribution is 9.09. The first-order chi connectivity index (χ1) is 8.31. The van der Waals surface area contributed by atoms with Crippen LogP contribution in [0.5, 0.6) is 0 Å². The first-order valence-electron chi connectivity index (χ1n) is 7.16. The summed E-state index contributed by atoms with van der Waals surface area (Å²) in [4.78, 5) is 14.7. The lowest BCUT2D eigenvalue weighted by molar-refractivity contribution is -0.134. The molecule has 0 spiro atoms. The quantitative estimate of drug-likeness (QED) is 0.718. The Kier molecular flexibility index (Phi) is 3.47. The zero-order chi connectivity index (χ0) is 11.8. The van der Waals surface area contributed by atoms with Gasteiger partial charge in [-0.1, -0.05) is 28.8 Å². The number of amides is 1. The number of fused-ring (bicyclic) bond motifs is 1. The molecule has 1 heterocycles. The summed E-state index contributed by atoms with van der Waals surface area (Å²) in [5.41, 5.74) is 0. The van der Waals surface area contributed by atoms with Gasteiger partial charge < -0.3 is 4.90 Å². The Morgan fingerprint density at radius 2 is 1.82 bits per heavy atom. The molecule has 0 aromatic carbocycles. The maximum atomic E-state index is 12.5. The number of halogens is 1. The van der Waals surface area contributed by atoms with Crippen LogP contribution in [0, 0.1) is 23.7 Å². The van der Waals surface area contributed by atoms with Gasteiger partial charge in [-0.25, -0.2) is 0 Å². The molecule has 3 atom stereocenters. The molecule has 1 aliphatic heterocycles. The van der Waals surface area contributed by atoms with Crippen LogP contribution in [0.1, 0.15) is 38.5 Å². The molecule has 17 heavy (non-hydrogen) atoms. The predicted molar refractivity (Wildman–Crippen MR) is 72.0 cm³/mol. The van der Waals surface area contributed by atoms with Gasteiger partial charge in [0, 0.05) is 24.3 Å². The summed E-state index contributed by atoms with van der Waals surface area (Å²) in [5, 5.41) is 1.05. The van der Waals surface area contributed by atoms with E-state index in [9.17, 15) is 4.79 Å². The Labute approximate surface area is 112 Å². The van der Waals surface area contributed by atoms with E-state index < -0.39 is 0 Å². The van der Waals surface area contributed by atoms with Crippen molar-refractivity contribution in [2.75, 3.05) is 18.4 Å². The van der Waals surface area contributed by atoms with Crippen molar-refractivity contribution in [3.05, 3.63) is 0 Å². The van der Waals surface area contributed by atoms with Crippen molar-refractivity contribution >= 4 is 21.8 Å². The summed E-state index contributed by atoms with van der Waals surface area (Å²) < 4.78 is 0. The van der Waals surface area contributed by atoms with Crippen LogP contribution >= 0.6 is 15.9 Å². The average molecular weight is 300 g/mol. The summed E-state index contributed by atoms with van der Waals surface area (Å²) in [6.07, 6.45) is 7.83. The number of hydrogen-bond acceptors (Lipinski definition) is 1. The van der Waals surface area contributed by atoms with Crippen molar-refractivity contribution in [2.45, 2.75) is 38.5 Å². The molecule has 3 heteroatoms. The number of alkyl halides is 1. The second-order valence-corrected chi connectivity index (χ2v) is 6.73. The fourth-order valence-electron chi connectivity index (χ4n) is 3.96. The molecule has 0 N–H and O–H groups in total. The predicted octanol–water partition coefficient (Wildman–Crippen LogP) is 3.06. The summed E-state index contributed by atoms with van der Waals surface area (Å²) in [7, 11) is 0. The second-order valence-electron chi connectivity index (χ2n) is 6.08. The molecule has 1 saturated heterocycles. The maximum Gasteiger partial charge on any atom is 0.226 e. The minimum absolute atomic E-state index is 0.423. The Bertz CT molecular complexity index is 295. The van der Waals surface area contributed by atoms with Gasteiger partial charge in [-0.15, -0.1) is 0 Å². The number of hydrogen-bond donors (Lipinski definition) is 0. The number of likely N-dealkylation sites (tertiary alicyclic amines) is 1. The van der Waals surface area contributed by atoms with Crippen LogP contribution in [-0.4, -0.2) is 29.2 Å². The molecule has 3 unspecified atom stereocenters. The smallest absolute Gasteiger partial charge is 0.226 e. The number of piperidine rings is 1. The van der Waals surface area contributed by atoms with Crippen molar-refractivity contribution in [3.8, 4) is 0 Å². The highest BCUT2D eigenvalue weighted by atomic mass is 79.9. The van der Waals surface area contributed by atoms with Gasteiger partial charge in [0.2, 0.25) is 5.91 Å². The fraction of sp³-hybridized carbons (Fsp3) is 0.929. The third kappa shape index (κ3) is 2.27. The van der Waals surface area contributed by atoms with Crippen molar-refractivity contribution in [1.29, 1.82) is 0 Å². The molecule has 0 aromatic heterocycles. The number of carbonyl (C=O) groups excluding carboxylic acids is 1. The van der Waals surface area contributed by atoms with E-state index in [0.29, 0.717) is 17.7 Å². The molecule has 1 amide bonds. The van der Waals surface area contributed by atoms with E-state index in [1.807, 2.05) is 0 Å². The number of nitrogens with zero attached hydrogens (tertiary/aromatic N) is 1. The average Bonchev–Trinajstić information content (AvgIpc) is 3.12. The number of carbonyl (C=O) groups is 1. The van der Waals surface area contributed by atoms with Gasteiger partial charge in [0.1, 0.15) is 0 Å². The van der Waals surface area contributed by atoms with Gasteiger partial charge in [-0.3, -0.25) is 4.79 Å². The van der Waals surface area contributed by atoms with Crippen LogP contribution < -0.4 is 0 Å². The van der Waals surface area contributed by atoms with Gasteiger partial charge >= 0.3 is 0 Å². The van der Waals surface area contributed by atoms with E-state index in [1.165, 1.54) is 38.5 Å². The molecule has 2 saturated carbocycles. The lowest BCUT2D eigenvalue weighted by Crippen LogP contribution is -2.41. The van der Waals surface area contributed by atoms with Gasteiger partial charge in [0.15, 0.2) is 0 Å². The molecule has 2 aliphatic carbocycles. The van der Waals surface area contributed by atoms with Gasteiger partial charge in [-0.2, -0.15) is 0 Å². The topological polar surface area (TPSA) is 20.3 Å². The molecular formula is C14H22BrNO. The Morgan fingerprint density at radius 3 is 2.47 bits per heavy atom. The van der Waals surface area contributed by atoms with Crippen molar-refractivity contribution in [3.63, 3.8) is 0 Å². The van der Waals surface area contributed by atoms with Crippen LogP contribution in [0.25, 0.3) is 0 Å². The highest BCUT2D eigenvalue weighted by Gasteiger charge is 2.55. The summed E-state index contributed by atoms with van der Waals surface area (Å²) in [6, 6.07) is 0. The molecule has 3 aliphatic rings. The van der Waals surface area contributed by atoms with Crippen LogP contribution in [-0.2, 0) is 4.79 Å². The van der Waals surface area contributed by atoms with Crippen LogP contribution in [0.3, 0.4) is 0 Å². The van der Waals surface area contributed by atoms with Gasteiger partial charge in [0.25, 0.3) is 0 Å². The summed E-state index contributed by atoms with van der Waals surface area (Å²) in [6.45, 7) is 2.01. The van der Waals surface area contributed by atoms with Gasteiger partial charge in [-0.05, 0) is 43.4 Å². The van der Waals surface area contributed by atoms with Crippen molar-refractivity contribution in [2.24, 2.45) is 23.7 Å². The maximum absolute atomic E-state index is 12.5. The minimum Gasteiger partial charge on any atom is -0.342 e. The first kappa shape index (κ1) is 12.0. The SMILES string of the molecule is O=C(C1C2CCCCC21)N1CCCC(CBr)C1. The van der Waals surface area contributed by atoms with E-state index in [1.54, 1.807) is 0 Å². The minimum atomic E-state index is 0.423. The largest absolute Gasteiger partial charge is 0.342 e. The molecule has 96 valence electrons. The number of rotatable bonds is 2.